The Labute approximate surface area is 207 Å². The van der Waals surface area contributed by atoms with Gasteiger partial charge in [-0.1, -0.05) is 66.7 Å². The molecule has 0 radical (unpaired) electrons. The number of piperazine rings is 1. The van der Waals surface area contributed by atoms with Gasteiger partial charge in [-0.3, -0.25) is 9.36 Å². The van der Waals surface area contributed by atoms with Crippen LogP contribution in [0.25, 0.3) is 5.69 Å². The highest BCUT2D eigenvalue weighted by Crippen LogP contribution is 2.25. The van der Waals surface area contributed by atoms with Gasteiger partial charge in [0.15, 0.2) is 5.16 Å². The van der Waals surface area contributed by atoms with Crippen LogP contribution in [0.5, 0.6) is 0 Å². The molecule has 1 aromatic heterocycles. The van der Waals surface area contributed by atoms with Crippen molar-refractivity contribution in [1.29, 1.82) is 0 Å². The summed E-state index contributed by atoms with van der Waals surface area (Å²) in [5.41, 5.74) is 3.54. The molecule has 1 aliphatic rings. The fraction of sp³-hybridized carbons (Fsp3) is 0.444. The van der Waals surface area contributed by atoms with E-state index in [0.29, 0.717) is 12.3 Å². The van der Waals surface area contributed by atoms with Crippen LogP contribution in [0.15, 0.2) is 59.8 Å². The van der Waals surface area contributed by atoms with Crippen molar-refractivity contribution >= 4 is 17.7 Å². The van der Waals surface area contributed by atoms with Crippen molar-refractivity contribution in [3.8, 4) is 5.69 Å². The van der Waals surface area contributed by atoms with Crippen LogP contribution >= 0.6 is 11.8 Å². The Kier molecular flexibility index (Phi) is 8.77. The number of aryl methyl sites for hydroxylation is 1. The number of carbonyl (C=O) groups excluding carboxylic acids is 1. The average Bonchev–Trinajstić information content (AvgIpc) is 3.27. The highest BCUT2D eigenvalue weighted by Gasteiger charge is 2.20. The van der Waals surface area contributed by atoms with Crippen LogP contribution in [0.4, 0.5) is 0 Å². The van der Waals surface area contributed by atoms with Crippen LogP contribution in [-0.4, -0.2) is 68.9 Å². The lowest BCUT2D eigenvalue weighted by molar-refractivity contribution is -0.133. The smallest absolute Gasteiger partial charge is 0.222 e. The lowest BCUT2D eigenvalue weighted by Crippen LogP contribution is -2.48. The van der Waals surface area contributed by atoms with Gasteiger partial charge < -0.3 is 9.80 Å². The molecule has 4 rings (SSSR count). The Morgan fingerprint density at radius 2 is 1.68 bits per heavy atom. The van der Waals surface area contributed by atoms with Crippen molar-refractivity contribution in [3.05, 3.63) is 71.5 Å². The van der Waals surface area contributed by atoms with Crippen molar-refractivity contribution in [2.24, 2.45) is 0 Å². The van der Waals surface area contributed by atoms with Crippen molar-refractivity contribution in [3.63, 3.8) is 0 Å². The predicted molar refractivity (Wildman–Crippen MR) is 139 cm³/mol. The van der Waals surface area contributed by atoms with E-state index in [1.807, 2.05) is 11.0 Å². The summed E-state index contributed by atoms with van der Waals surface area (Å²) >= 11 is 1.73. The highest BCUT2D eigenvalue weighted by molar-refractivity contribution is 7.99. The normalized spacial score (nSPS) is 14.5. The zero-order chi connectivity index (χ0) is 23.8. The third-order valence-corrected chi connectivity index (χ3v) is 7.40. The number of likely N-dealkylation sites (N-methyl/N-ethyl adjacent to an activating group) is 1. The third kappa shape index (κ3) is 6.48. The molecule has 0 atom stereocenters. The number of nitrogens with zero attached hydrogens (tertiary/aromatic N) is 5. The molecule has 0 bridgehead atoms. The first kappa shape index (κ1) is 24.5. The van der Waals surface area contributed by atoms with E-state index in [1.54, 1.807) is 11.8 Å². The summed E-state index contributed by atoms with van der Waals surface area (Å²) in [5.74, 6) is 2.17. The molecule has 0 spiro atoms. The highest BCUT2D eigenvalue weighted by atomic mass is 32.2. The Morgan fingerprint density at radius 1 is 0.941 bits per heavy atom. The number of aromatic nitrogens is 3. The van der Waals surface area contributed by atoms with Gasteiger partial charge in [0.05, 0.1) is 0 Å². The Bertz CT molecular complexity index is 1040. The molecule has 3 aromatic rings. The molecule has 180 valence electrons. The summed E-state index contributed by atoms with van der Waals surface area (Å²) in [7, 11) is 0. The standard InChI is InChI=1S/C27H35N5OS/c1-3-30-16-18-31(19-17-30)26(33)11-7-8-20-34-27-29-28-25(21-23-9-5-4-6-10-23)32(27)24-14-12-22(2)13-15-24/h4-6,9-10,12-15H,3,7-8,11,16-21H2,1-2H3. The maximum Gasteiger partial charge on any atom is 0.222 e. The molecule has 1 saturated heterocycles. The second-order valence-corrected chi connectivity index (χ2v) is 9.91. The summed E-state index contributed by atoms with van der Waals surface area (Å²) < 4.78 is 2.18. The summed E-state index contributed by atoms with van der Waals surface area (Å²) in [6, 6.07) is 18.9. The average molecular weight is 478 g/mol. The molecule has 0 aliphatic carbocycles. The molecule has 1 amide bonds. The second kappa shape index (κ2) is 12.2. The van der Waals surface area contributed by atoms with E-state index in [9.17, 15) is 4.79 Å². The SMILES string of the molecule is CCN1CCN(C(=O)CCCCSc2nnc(Cc3ccccc3)n2-c2ccc(C)cc2)CC1. The lowest BCUT2D eigenvalue weighted by Gasteiger charge is -2.34. The first-order valence-electron chi connectivity index (χ1n) is 12.3. The van der Waals surface area contributed by atoms with E-state index in [-0.39, 0.29) is 0 Å². The van der Waals surface area contributed by atoms with Gasteiger partial charge >= 0.3 is 0 Å². The zero-order valence-corrected chi connectivity index (χ0v) is 21.1. The topological polar surface area (TPSA) is 54.3 Å². The number of benzene rings is 2. The summed E-state index contributed by atoms with van der Waals surface area (Å²) in [4.78, 5) is 17.0. The molecule has 1 fully saturated rings. The third-order valence-electron chi connectivity index (χ3n) is 6.39. The summed E-state index contributed by atoms with van der Waals surface area (Å²) in [6.45, 7) is 9.08. The summed E-state index contributed by atoms with van der Waals surface area (Å²) in [6.07, 6.45) is 3.27. The number of carbonyl (C=O) groups is 1. The van der Waals surface area contributed by atoms with Crippen molar-refractivity contribution in [2.45, 2.75) is 44.7 Å². The van der Waals surface area contributed by atoms with Crippen LogP contribution in [0, 0.1) is 6.92 Å². The van der Waals surface area contributed by atoms with E-state index in [1.165, 1.54) is 11.1 Å². The lowest BCUT2D eigenvalue weighted by atomic mass is 10.1. The maximum atomic E-state index is 12.5. The molecule has 6 nitrogen and oxygen atoms in total. The Hall–Kier alpha value is -2.64. The Balaban J connectivity index is 1.33. The molecule has 0 N–H and O–H groups in total. The number of amides is 1. The fourth-order valence-electron chi connectivity index (χ4n) is 4.25. The van der Waals surface area contributed by atoms with Gasteiger partial charge in [-0.25, -0.2) is 0 Å². The fourth-order valence-corrected chi connectivity index (χ4v) is 5.22. The number of thioether (sulfide) groups is 1. The van der Waals surface area contributed by atoms with Gasteiger partial charge in [-0.2, -0.15) is 0 Å². The molecule has 1 aliphatic heterocycles. The first-order valence-corrected chi connectivity index (χ1v) is 13.3. The van der Waals surface area contributed by atoms with Crippen molar-refractivity contribution < 1.29 is 4.79 Å². The molecule has 2 heterocycles. The minimum absolute atomic E-state index is 0.300. The van der Waals surface area contributed by atoms with E-state index < -0.39 is 0 Å². The molecular weight excluding hydrogens is 442 g/mol. The molecular formula is C27H35N5OS. The van der Waals surface area contributed by atoms with Crippen molar-refractivity contribution in [2.75, 3.05) is 38.5 Å². The van der Waals surface area contributed by atoms with Crippen LogP contribution < -0.4 is 0 Å². The number of hydrogen-bond donors (Lipinski definition) is 0. The maximum absolute atomic E-state index is 12.5. The largest absolute Gasteiger partial charge is 0.340 e. The van der Waals surface area contributed by atoms with Gasteiger partial charge in [0.2, 0.25) is 5.91 Å². The van der Waals surface area contributed by atoms with Gasteiger partial charge in [0.1, 0.15) is 5.82 Å². The Morgan fingerprint density at radius 3 is 2.38 bits per heavy atom. The van der Waals surface area contributed by atoms with Crippen LogP contribution in [0.3, 0.4) is 0 Å². The van der Waals surface area contributed by atoms with Crippen molar-refractivity contribution in [1.82, 2.24) is 24.6 Å². The van der Waals surface area contributed by atoms with E-state index >= 15 is 0 Å². The van der Waals surface area contributed by atoms with Gasteiger partial charge in [-0.05, 0) is 44.0 Å². The summed E-state index contributed by atoms with van der Waals surface area (Å²) in [5, 5.41) is 9.98. The van der Waals surface area contributed by atoms with E-state index in [4.69, 9.17) is 0 Å². The zero-order valence-electron chi connectivity index (χ0n) is 20.3. The minimum Gasteiger partial charge on any atom is -0.340 e. The number of hydrogen-bond acceptors (Lipinski definition) is 5. The quantitative estimate of drug-likeness (QED) is 0.316. The van der Waals surface area contributed by atoms with Crippen LogP contribution in [0.1, 0.15) is 43.1 Å². The monoisotopic (exact) mass is 477 g/mol. The minimum atomic E-state index is 0.300. The first-order chi connectivity index (χ1) is 16.6. The molecule has 0 unspecified atom stereocenters. The van der Waals surface area contributed by atoms with Crippen LogP contribution in [0.2, 0.25) is 0 Å². The van der Waals surface area contributed by atoms with Crippen LogP contribution in [-0.2, 0) is 11.2 Å². The predicted octanol–water partition coefficient (Wildman–Crippen LogP) is 4.59. The molecule has 7 heteroatoms. The molecule has 34 heavy (non-hydrogen) atoms. The molecule has 2 aromatic carbocycles. The second-order valence-electron chi connectivity index (χ2n) is 8.85. The van der Waals surface area contributed by atoms with Gasteiger partial charge in [0.25, 0.3) is 0 Å². The number of rotatable bonds is 10. The number of unbranched alkanes of at least 4 members (excludes halogenated alkanes) is 1. The van der Waals surface area contributed by atoms with Gasteiger partial charge in [0, 0.05) is 50.5 Å². The van der Waals surface area contributed by atoms with E-state index in [0.717, 1.165) is 74.4 Å². The van der Waals surface area contributed by atoms with E-state index in [2.05, 4.69) is 82.0 Å². The van der Waals surface area contributed by atoms with Gasteiger partial charge in [-0.15, -0.1) is 10.2 Å². The molecule has 0 saturated carbocycles.